The van der Waals surface area contributed by atoms with Gasteiger partial charge in [0.2, 0.25) is 5.91 Å². The van der Waals surface area contributed by atoms with E-state index < -0.39 is 6.04 Å². The van der Waals surface area contributed by atoms with Crippen molar-refractivity contribution in [3.05, 3.63) is 35.4 Å². The maximum absolute atomic E-state index is 11.7. The molecule has 1 aliphatic rings. The summed E-state index contributed by atoms with van der Waals surface area (Å²) in [5.74, 6) is 9.97. The molecular weight excluding hydrogens is 402 g/mol. The van der Waals surface area contributed by atoms with Crippen LogP contribution in [-0.2, 0) is 4.79 Å². The second kappa shape index (κ2) is 13.5. The minimum atomic E-state index is -0.654. The lowest BCUT2D eigenvalue weighted by atomic mass is 10.00. The van der Waals surface area contributed by atoms with Crippen LogP contribution in [0.4, 0.5) is 0 Å². The summed E-state index contributed by atoms with van der Waals surface area (Å²) in [6.45, 7) is 5.67. The average molecular weight is 438 g/mol. The van der Waals surface area contributed by atoms with Crippen LogP contribution in [0.2, 0.25) is 0 Å². The fourth-order valence-electron chi connectivity index (χ4n) is 3.48. The molecule has 1 saturated heterocycles. The van der Waals surface area contributed by atoms with Gasteiger partial charge in [-0.2, -0.15) is 0 Å². The first-order valence-electron chi connectivity index (χ1n) is 11.1. The zero-order chi connectivity index (χ0) is 23.3. The Morgan fingerprint density at radius 1 is 1.38 bits per heavy atom. The number of carbonyl (C=O) groups is 1. The Kier molecular flexibility index (Phi) is 10.7. The topological polar surface area (TPSA) is 85.6 Å². The van der Waals surface area contributed by atoms with Crippen molar-refractivity contribution in [1.29, 1.82) is 0 Å². The molecule has 32 heavy (non-hydrogen) atoms. The summed E-state index contributed by atoms with van der Waals surface area (Å²) < 4.78 is 11.7. The third-order valence-electron chi connectivity index (χ3n) is 5.03. The molecule has 1 aromatic rings. The average Bonchev–Trinajstić information content (AvgIpc) is 2.75. The highest BCUT2D eigenvalue weighted by Crippen LogP contribution is 2.26. The molecule has 172 valence electrons. The second-order valence-corrected chi connectivity index (χ2v) is 8.18. The molecule has 1 aromatic carbocycles. The smallest absolute Gasteiger partial charge is 0.237 e. The minimum Gasteiger partial charge on any atom is -0.497 e. The predicted octanol–water partition coefficient (Wildman–Crippen LogP) is 2.76. The number of rotatable bonds is 9. The Balaban J connectivity index is 1.90. The van der Waals surface area contributed by atoms with E-state index in [1.165, 1.54) is 5.57 Å². The number of amides is 1. The number of methoxy groups -OCH3 is 1. The number of nitrogens with one attached hydrogen (secondary N) is 2. The molecule has 4 N–H and O–H groups in total. The Bertz CT molecular complexity index is 888. The molecular formula is C26H35N3O3. The monoisotopic (exact) mass is 437 g/mol. The number of piperidine rings is 1. The first-order valence-corrected chi connectivity index (χ1v) is 11.1. The molecule has 2 rings (SSSR count). The Morgan fingerprint density at radius 3 is 2.88 bits per heavy atom. The van der Waals surface area contributed by atoms with E-state index in [9.17, 15) is 4.79 Å². The largest absolute Gasteiger partial charge is 0.497 e. The number of allylic oxidation sites excluding steroid dienone is 1. The van der Waals surface area contributed by atoms with Crippen molar-refractivity contribution in [2.45, 2.75) is 64.1 Å². The number of terminal acetylenes is 1. The molecule has 0 radical (unpaired) electrons. The summed E-state index contributed by atoms with van der Waals surface area (Å²) in [5.41, 5.74) is 7.81. The van der Waals surface area contributed by atoms with E-state index in [1.807, 2.05) is 18.2 Å². The molecule has 2 unspecified atom stereocenters. The summed E-state index contributed by atoms with van der Waals surface area (Å²) in [4.78, 5) is 11.7. The highest BCUT2D eigenvalue weighted by molar-refractivity contribution is 5.81. The van der Waals surface area contributed by atoms with Crippen LogP contribution in [0.1, 0.15) is 51.5 Å². The van der Waals surface area contributed by atoms with Crippen LogP contribution in [0.5, 0.6) is 11.5 Å². The van der Waals surface area contributed by atoms with Gasteiger partial charge in [-0.1, -0.05) is 23.5 Å². The Morgan fingerprint density at radius 2 is 2.16 bits per heavy atom. The lowest BCUT2D eigenvalue weighted by Gasteiger charge is -2.29. The van der Waals surface area contributed by atoms with Gasteiger partial charge >= 0.3 is 0 Å². The Hall–Kier alpha value is -2.93. The van der Waals surface area contributed by atoms with E-state index in [0.717, 1.165) is 42.9 Å². The van der Waals surface area contributed by atoms with E-state index in [1.54, 1.807) is 7.11 Å². The van der Waals surface area contributed by atoms with Gasteiger partial charge in [-0.3, -0.25) is 4.79 Å². The third-order valence-corrected chi connectivity index (χ3v) is 5.03. The van der Waals surface area contributed by atoms with E-state index in [-0.39, 0.29) is 18.4 Å². The number of carbonyl (C=O) groups excluding carboxylic acids is 1. The van der Waals surface area contributed by atoms with Gasteiger partial charge in [0.05, 0.1) is 13.2 Å². The summed E-state index contributed by atoms with van der Waals surface area (Å²) in [6, 6.07) is 5.44. The van der Waals surface area contributed by atoms with Crippen molar-refractivity contribution in [2.24, 2.45) is 5.73 Å². The maximum Gasteiger partial charge on any atom is 0.237 e. The molecule has 1 amide bonds. The minimum absolute atomic E-state index is 0.147. The highest BCUT2D eigenvalue weighted by Gasteiger charge is 2.21. The van der Waals surface area contributed by atoms with E-state index in [0.29, 0.717) is 19.0 Å². The van der Waals surface area contributed by atoms with Gasteiger partial charge < -0.3 is 25.8 Å². The SMILES string of the molecule is C#CC[C@H](N)C(=O)NCCCC#Cc1cc(OC)cc(OC2CCNC(C=C(C)C)C2)c1. The van der Waals surface area contributed by atoms with Crippen LogP contribution in [0.3, 0.4) is 0 Å². The molecule has 1 aliphatic heterocycles. The van der Waals surface area contributed by atoms with Crippen molar-refractivity contribution in [3.8, 4) is 35.7 Å². The second-order valence-electron chi connectivity index (χ2n) is 8.18. The standard InChI is InChI=1S/C26H35N3O3/c1-5-9-25(27)26(30)29-12-8-6-7-10-20-15-23(31-4)18-24(16-20)32-22-11-13-28-21(17-22)14-19(2)3/h1,14-16,18,21-22,25,28H,6,8-9,11-13,17,27H2,2-4H3,(H,29,30)/t21?,22?,25-/m0/s1. The third kappa shape index (κ3) is 9.06. The zero-order valence-corrected chi connectivity index (χ0v) is 19.4. The summed E-state index contributed by atoms with van der Waals surface area (Å²) in [7, 11) is 1.64. The van der Waals surface area contributed by atoms with Crippen LogP contribution < -0.4 is 25.8 Å². The van der Waals surface area contributed by atoms with Crippen molar-refractivity contribution in [1.82, 2.24) is 10.6 Å². The molecule has 3 atom stereocenters. The van der Waals surface area contributed by atoms with Gasteiger partial charge in [-0.05, 0) is 45.4 Å². The molecule has 1 heterocycles. The van der Waals surface area contributed by atoms with Crippen molar-refractivity contribution in [3.63, 3.8) is 0 Å². The lowest BCUT2D eigenvalue weighted by molar-refractivity contribution is -0.122. The summed E-state index contributed by atoms with van der Waals surface area (Å²) in [5, 5.41) is 6.30. The number of benzene rings is 1. The molecule has 6 nitrogen and oxygen atoms in total. The molecule has 0 aromatic heterocycles. The summed E-state index contributed by atoms with van der Waals surface area (Å²) in [6.07, 6.45) is 11.1. The highest BCUT2D eigenvalue weighted by atomic mass is 16.5. The molecule has 0 aliphatic carbocycles. The van der Waals surface area contributed by atoms with Crippen molar-refractivity contribution in [2.75, 3.05) is 20.2 Å². The van der Waals surface area contributed by atoms with Crippen LogP contribution in [-0.4, -0.2) is 44.3 Å². The summed E-state index contributed by atoms with van der Waals surface area (Å²) >= 11 is 0. The Labute approximate surface area is 192 Å². The number of unbranched alkanes of at least 4 members (excludes halogenated alkanes) is 1. The van der Waals surface area contributed by atoms with Crippen LogP contribution in [0, 0.1) is 24.2 Å². The van der Waals surface area contributed by atoms with Gasteiger partial charge in [0.1, 0.15) is 17.6 Å². The van der Waals surface area contributed by atoms with E-state index in [2.05, 4.69) is 48.3 Å². The first-order chi connectivity index (χ1) is 15.4. The zero-order valence-electron chi connectivity index (χ0n) is 19.4. The molecule has 0 spiro atoms. The lowest BCUT2D eigenvalue weighted by Crippen LogP contribution is -2.41. The van der Waals surface area contributed by atoms with Gasteiger partial charge in [0.25, 0.3) is 0 Å². The molecule has 0 bridgehead atoms. The fourth-order valence-corrected chi connectivity index (χ4v) is 3.48. The number of ether oxygens (including phenoxy) is 2. The van der Waals surface area contributed by atoms with Crippen LogP contribution in [0.25, 0.3) is 0 Å². The van der Waals surface area contributed by atoms with E-state index in [4.69, 9.17) is 21.6 Å². The van der Waals surface area contributed by atoms with Gasteiger partial charge in [0, 0.05) is 43.5 Å². The van der Waals surface area contributed by atoms with Crippen molar-refractivity contribution < 1.29 is 14.3 Å². The molecule has 6 heteroatoms. The van der Waals surface area contributed by atoms with E-state index >= 15 is 0 Å². The van der Waals surface area contributed by atoms with Gasteiger partial charge in [-0.25, -0.2) is 0 Å². The number of hydrogen-bond acceptors (Lipinski definition) is 5. The first kappa shape index (κ1) is 25.3. The van der Waals surface area contributed by atoms with Gasteiger partial charge in [-0.15, -0.1) is 12.3 Å². The van der Waals surface area contributed by atoms with Crippen LogP contribution >= 0.6 is 0 Å². The molecule has 0 saturated carbocycles. The van der Waals surface area contributed by atoms with Gasteiger partial charge in [0.15, 0.2) is 0 Å². The van der Waals surface area contributed by atoms with Crippen molar-refractivity contribution >= 4 is 5.91 Å². The fraction of sp³-hybridized carbons (Fsp3) is 0.500. The number of nitrogens with two attached hydrogens (primary N) is 1. The maximum atomic E-state index is 11.7. The quantitative estimate of drug-likeness (QED) is 0.314. The van der Waals surface area contributed by atoms with Crippen LogP contribution in [0.15, 0.2) is 29.8 Å². The molecule has 1 fully saturated rings. The predicted molar refractivity (Wildman–Crippen MR) is 128 cm³/mol. The number of hydrogen-bond donors (Lipinski definition) is 3. The normalized spacial score (nSPS) is 18.3.